The lowest BCUT2D eigenvalue weighted by molar-refractivity contribution is 0.0955. The van der Waals surface area contributed by atoms with Gasteiger partial charge >= 0.3 is 0 Å². The molecule has 2 rings (SSSR count). The second-order valence-corrected chi connectivity index (χ2v) is 4.90. The topological polar surface area (TPSA) is 50.7 Å². The zero-order valence-electron chi connectivity index (χ0n) is 10.8. The van der Waals surface area contributed by atoms with E-state index in [1.54, 1.807) is 37.6 Å². The third-order valence-corrected chi connectivity index (χ3v) is 3.11. The molecule has 0 spiro atoms. The summed E-state index contributed by atoms with van der Waals surface area (Å²) in [6.07, 6.45) is 1.59. The molecular weight excluding hydrogens is 320 g/mol. The molecule has 0 saturated heterocycles. The molecule has 1 N–H and O–H groups in total. The van der Waals surface area contributed by atoms with Gasteiger partial charge in [-0.3, -0.25) is 4.79 Å². The first-order valence-electron chi connectivity index (χ1n) is 5.92. The average molecular weight is 333 g/mol. The van der Waals surface area contributed by atoms with Gasteiger partial charge in [-0.1, -0.05) is 34.1 Å². The summed E-state index contributed by atoms with van der Waals surface area (Å²) in [4.78, 5) is 11.9. The van der Waals surface area contributed by atoms with Crippen LogP contribution in [-0.2, 0) is 0 Å². The largest absolute Gasteiger partial charge is 0.497 e. The molecule has 0 aliphatic rings. The summed E-state index contributed by atoms with van der Waals surface area (Å²) in [5, 5.41) is 3.92. The van der Waals surface area contributed by atoms with Gasteiger partial charge in [-0.05, 0) is 35.9 Å². The number of amides is 1. The first-order chi connectivity index (χ1) is 9.69. The van der Waals surface area contributed by atoms with Crippen molar-refractivity contribution in [3.05, 3.63) is 64.1 Å². The number of hydrazone groups is 1. The third-order valence-electron chi connectivity index (χ3n) is 2.58. The first-order valence-corrected chi connectivity index (χ1v) is 6.71. The number of nitrogens with one attached hydrogen (secondary N) is 1. The van der Waals surface area contributed by atoms with Gasteiger partial charge in [-0.25, -0.2) is 5.43 Å². The highest BCUT2D eigenvalue weighted by Gasteiger charge is 2.04. The maximum atomic E-state index is 11.9. The molecule has 2 aromatic carbocycles. The molecular formula is C15H13BrN2O2. The van der Waals surface area contributed by atoms with Gasteiger partial charge in [-0.2, -0.15) is 5.10 Å². The van der Waals surface area contributed by atoms with Crippen LogP contribution in [0, 0.1) is 0 Å². The summed E-state index contributed by atoms with van der Waals surface area (Å²) in [7, 11) is 1.56. The monoisotopic (exact) mass is 332 g/mol. The zero-order valence-corrected chi connectivity index (χ0v) is 12.4. The van der Waals surface area contributed by atoms with E-state index in [0.717, 1.165) is 10.0 Å². The van der Waals surface area contributed by atoms with Crippen molar-refractivity contribution < 1.29 is 9.53 Å². The maximum absolute atomic E-state index is 11.9. The van der Waals surface area contributed by atoms with E-state index < -0.39 is 0 Å². The number of hydrogen-bond donors (Lipinski definition) is 1. The SMILES string of the molecule is COc1cccc(C(=O)N/N=C\c2ccc(Br)cc2)c1. The Morgan fingerprint density at radius 2 is 2.00 bits per heavy atom. The van der Waals surface area contributed by atoms with Crippen LogP contribution in [0.25, 0.3) is 0 Å². The normalized spacial score (nSPS) is 10.5. The minimum atomic E-state index is -0.280. The van der Waals surface area contributed by atoms with Crippen LogP contribution in [-0.4, -0.2) is 19.2 Å². The van der Waals surface area contributed by atoms with Gasteiger partial charge in [0.2, 0.25) is 0 Å². The van der Waals surface area contributed by atoms with Crippen molar-refractivity contribution in [3.63, 3.8) is 0 Å². The first kappa shape index (κ1) is 14.3. The highest BCUT2D eigenvalue weighted by atomic mass is 79.9. The number of hydrogen-bond acceptors (Lipinski definition) is 3. The van der Waals surface area contributed by atoms with E-state index in [4.69, 9.17) is 4.74 Å². The van der Waals surface area contributed by atoms with Crippen LogP contribution in [0.3, 0.4) is 0 Å². The molecule has 0 unspecified atom stereocenters. The Morgan fingerprint density at radius 1 is 1.25 bits per heavy atom. The molecule has 0 bridgehead atoms. The fraction of sp³-hybridized carbons (Fsp3) is 0.0667. The maximum Gasteiger partial charge on any atom is 0.271 e. The van der Waals surface area contributed by atoms with Crippen molar-refractivity contribution in [2.75, 3.05) is 7.11 Å². The van der Waals surface area contributed by atoms with Crippen LogP contribution in [0.2, 0.25) is 0 Å². The van der Waals surface area contributed by atoms with Crippen molar-refractivity contribution >= 4 is 28.1 Å². The Kier molecular flexibility index (Phi) is 4.90. The zero-order chi connectivity index (χ0) is 14.4. The molecule has 0 aliphatic carbocycles. The lowest BCUT2D eigenvalue weighted by atomic mass is 10.2. The Balaban J connectivity index is 1.99. The average Bonchev–Trinajstić information content (AvgIpc) is 2.49. The molecule has 0 saturated carbocycles. The van der Waals surface area contributed by atoms with Crippen molar-refractivity contribution in [3.8, 4) is 5.75 Å². The molecule has 0 fully saturated rings. The Bertz CT molecular complexity index is 624. The summed E-state index contributed by atoms with van der Waals surface area (Å²) in [6, 6.07) is 14.5. The summed E-state index contributed by atoms with van der Waals surface area (Å²) in [5.41, 5.74) is 3.88. The molecule has 2 aromatic rings. The fourth-order valence-corrected chi connectivity index (χ4v) is 1.81. The van der Waals surface area contributed by atoms with Crippen molar-refractivity contribution in [1.82, 2.24) is 5.43 Å². The molecule has 4 nitrogen and oxygen atoms in total. The predicted molar refractivity (Wildman–Crippen MR) is 82.2 cm³/mol. The molecule has 0 aliphatic heterocycles. The third kappa shape index (κ3) is 3.93. The molecule has 0 aromatic heterocycles. The number of benzene rings is 2. The van der Waals surface area contributed by atoms with E-state index in [1.165, 1.54) is 0 Å². The van der Waals surface area contributed by atoms with Crippen LogP contribution in [0.1, 0.15) is 15.9 Å². The number of methoxy groups -OCH3 is 1. The lowest BCUT2D eigenvalue weighted by Crippen LogP contribution is -2.17. The quantitative estimate of drug-likeness (QED) is 0.690. The molecule has 0 heterocycles. The lowest BCUT2D eigenvalue weighted by Gasteiger charge is -2.02. The van der Waals surface area contributed by atoms with Gasteiger partial charge in [0.1, 0.15) is 5.75 Å². The van der Waals surface area contributed by atoms with Crippen LogP contribution in [0.15, 0.2) is 58.1 Å². The van der Waals surface area contributed by atoms with Gasteiger partial charge in [0.25, 0.3) is 5.91 Å². The summed E-state index contributed by atoms with van der Waals surface area (Å²) < 4.78 is 6.06. The van der Waals surface area contributed by atoms with E-state index in [9.17, 15) is 4.79 Å². The molecule has 5 heteroatoms. The van der Waals surface area contributed by atoms with Gasteiger partial charge in [0.05, 0.1) is 13.3 Å². The highest BCUT2D eigenvalue weighted by Crippen LogP contribution is 2.12. The molecule has 0 radical (unpaired) electrons. The van der Waals surface area contributed by atoms with Crippen LogP contribution < -0.4 is 10.2 Å². The van der Waals surface area contributed by atoms with Crippen molar-refractivity contribution in [2.24, 2.45) is 5.10 Å². The summed E-state index contributed by atoms with van der Waals surface area (Å²) in [5.74, 6) is 0.354. The number of carbonyl (C=O) groups excluding carboxylic acids is 1. The van der Waals surface area contributed by atoms with Gasteiger partial charge in [0.15, 0.2) is 0 Å². The Labute approximate surface area is 125 Å². The van der Waals surface area contributed by atoms with Gasteiger partial charge in [-0.15, -0.1) is 0 Å². The molecule has 0 atom stereocenters. The minimum Gasteiger partial charge on any atom is -0.497 e. The van der Waals surface area contributed by atoms with E-state index in [0.29, 0.717) is 11.3 Å². The number of halogens is 1. The smallest absolute Gasteiger partial charge is 0.271 e. The van der Waals surface area contributed by atoms with E-state index in [2.05, 4.69) is 26.5 Å². The number of nitrogens with zero attached hydrogens (tertiary/aromatic N) is 1. The van der Waals surface area contributed by atoms with Crippen molar-refractivity contribution in [2.45, 2.75) is 0 Å². The molecule has 1 amide bonds. The Hall–Kier alpha value is -2.14. The molecule has 102 valence electrons. The van der Waals surface area contributed by atoms with E-state index in [1.807, 2.05) is 24.3 Å². The van der Waals surface area contributed by atoms with Gasteiger partial charge < -0.3 is 4.74 Å². The van der Waals surface area contributed by atoms with Crippen molar-refractivity contribution in [1.29, 1.82) is 0 Å². The number of rotatable bonds is 4. The van der Waals surface area contributed by atoms with Crippen LogP contribution in [0.4, 0.5) is 0 Å². The fourth-order valence-electron chi connectivity index (χ4n) is 1.54. The second kappa shape index (κ2) is 6.86. The minimum absolute atomic E-state index is 0.280. The van der Waals surface area contributed by atoms with Crippen LogP contribution in [0.5, 0.6) is 5.75 Å². The highest BCUT2D eigenvalue weighted by molar-refractivity contribution is 9.10. The van der Waals surface area contributed by atoms with E-state index in [-0.39, 0.29) is 5.91 Å². The van der Waals surface area contributed by atoms with E-state index >= 15 is 0 Å². The second-order valence-electron chi connectivity index (χ2n) is 3.98. The summed E-state index contributed by atoms with van der Waals surface area (Å²) in [6.45, 7) is 0. The predicted octanol–water partition coefficient (Wildman–Crippen LogP) is 3.22. The number of ether oxygens (including phenoxy) is 1. The number of carbonyl (C=O) groups is 1. The molecule has 20 heavy (non-hydrogen) atoms. The Morgan fingerprint density at radius 3 is 2.70 bits per heavy atom. The van der Waals surface area contributed by atoms with Gasteiger partial charge in [0, 0.05) is 10.0 Å². The van der Waals surface area contributed by atoms with Crippen LogP contribution >= 0.6 is 15.9 Å². The standard InChI is InChI=1S/C15H13BrN2O2/c1-20-14-4-2-3-12(9-14)15(19)18-17-10-11-5-7-13(16)8-6-11/h2-10H,1H3,(H,18,19)/b17-10-. The summed E-state index contributed by atoms with van der Waals surface area (Å²) >= 11 is 3.35.